The average Bonchev–Trinajstić information content (AvgIpc) is 2.86. The van der Waals surface area contributed by atoms with E-state index in [1.165, 1.54) is 17.7 Å². The van der Waals surface area contributed by atoms with Crippen LogP contribution in [0.2, 0.25) is 0 Å². The summed E-state index contributed by atoms with van der Waals surface area (Å²) < 4.78 is 1.83. The molecule has 92 valence electrons. The number of aliphatic hydroxyl groups is 1. The van der Waals surface area contributed by atoms with Crippen molar-refractivity contribution in [3.05, 3.63) is 28.2 Å². The van der Waals surface area contributed by atoms with Crippen LogP contribution in [0, 0.1) is 6.92 Å². The second kappa shape index (κ2) is 4.93. The molecule has 1 atom stereocenters. The fourth-order valence-electron chi connectivity index (χ4n) is 1.75. The second-order valence-corrected chi connectivity index (χ2v) is 5.12. The smallest absolute Gasteiger partial charge is 0.138 e. The fraction of sp³-hybridized carbons (Fsp3) is 0.545. The first-order valence-corrected chi connectivity index (χ1v) is 6.44. The van der Waals surface area contributed by atoms with Gasteiger partial charge in [-0.1, -0.05) is 0 Å². The highest BCUT2D eigenvalue weighted by molar-refractivity contribution is 7.09. The maximum atomic E-state index is 10.2. The summed E-state index contributed by atoms with van der Waals surface area (Å²) in [6.45, 7) is 5.99. The predicted octanol–water partition coefficient (Wildman–Crippen LogP) is 1.90. The van der Waals surface area contributed by atoms with Crippen LogP contribution in [0.4, 0.5) is 0 Å². The van der Waals surface area contributed by atoms with Crippen LogP contribution in [0.5, 0.6) is 0 Å². The van der Waals surface area contributed by atoms with Gasteiger partial charge in [-0.2, -0.15) is 5.10 Å². The molecule has 0 aliphatic heterocycles. The van der Waals surface area contributed by atoms with Gasteiger partial charge in [0.2, 0.25) is 0 Å². The monoisotopic (exact) mass is 252 g/mol. The molecule has 2 aromatic heterocycles. The molecule has 2 heterocycles. The molecule has 2 aromatic rings. The standard InChI is InChI=1S/C11H16N4OS/c1-7(2)15-10(12-5-14-15)4-9(16)11-8(3)13-6-17-11/h5-7,9,16H,4H2,1-3H3. The molecule has 0 bridgehead atoms. The Labute approximate surface area is 104 Å². The lowest BCUT2D eigenvalue weighted by Gasteiger charge is -2.12. The molecule has 0 saturated carbocycles. The highest BCUT2D eigenvalue weighted by atomic mass is 32.1. The second-order valence-electron chi connectivity index (χ2n) is 4.24. The van der Waals surface area contributed by atoms with Gasteiger partial charge in [-0.3, -0.25) is 0 Å². The van der Waals surface area contributed by atoms with Crippen molar-refractivity contribution >= 4 is 11.3 Å². The molecule has 0 saturated heterocycles. The quantitative estimate of drug-likeness (QED) is 0.902. The summed E-state index contributed by atoms with van der Waals surface area (Å²) in [4.78, 5) is 9.24. The molecule has 0 radical (unpaired) electrons. The van der Waals surface area contributed by atoms with E-state index in [0.29, 0.717) is 6.42 Å². The van der Waals surface area contributed by atoms with Crippen molar-refractivity contribution in [1.29, 1.82) is 0 Å². The van der Waals surface area contributed by atoms with Crippen LogP contribution in [0.25, 0.3) is 0 Å². The molecule has 1 N–H and O–H groups in total. The molecule has 5 nitrogen and oxygen atoms in total. The molecule has 0 fully saturated rings. The number of aliphatic hydroxyl groups excluding tert-OH is 1. The largest absolute Gasteiger partial charge is 0.387 e. The third-order valence-corrected chi connectivity index (χ3v) is 3.63. The molecule has 0 spiro atoms. The van der Waals surface area contributed by atoms with E-state index in [4.69, 9.17) is 0 Å². The highest BCUT2D eigenvalue weighted by Crippen LogP contribution is 2.24. The van der Waals surface area contributed by atoms with Gasteiger partial charge in [0.25, 0.3) is 0 Å². The summed E-state index contributed by atoms with van der Waals surface area (Å²) in [5.74, 6) is 0.806. The number of aryl methyl sites for hydroxylation is 1. The first-order valence-electron chi connectivity index (χ1n) is 5.56. The minimum absolute atomic E-state index is 0.252. The van der Waals surface area contributed by atoms with Crippen LogP contribution in [0.3, 0.4) is 0 Å². The maximum Gasteiger partial charge on any atom is 0.138 e. The van der Waals surface area contributed by atoms with Gasteiger partial charge in [-0.15, -0.1) is 11.3 Å². The Morgan fingerprint density at radius 1 is 1.41 bits per heavy atom. The van der Waals surface area contributed by atoms with Crippen LogP contribution >= 0.6 is 11.3 Å². The van der Waals surface area contributed by atoms with Crippen molar-refractivity contribution in [2.45, 2.75) is 39.3 Å². The predicted molar refractivity (Wildman–Crippen MR) is 65.9 cm³/mol. The molecule has 0 amide bonds. The zero-order valence-corrected chi connectivity index (χ0v) is 11.0. The maximum absolute atomic E-state index is 10.2. The van der Waals surface area contributed by atoms with Crippen LogP contribution in [0.15, 0.2) is 11.8 Å². The van der Waals surface area contributed by atoms with Gasteiger partial charge in [-0.25, -0.2) is 14.6 Å². The highest BCUT2D eigenvalue weighted by Gasteiger charge is 2.17. The zero-order chi connectivity index (χ0) is 12.4. The molecule has 0 aliphatic rings. The molecule has 17 heavy (non-hydrogen) atoms. The van der Waals surface area contributed by atoms with Crippen LogP contribution in [-0.2, 0) is 6.42 Å². The number of thiazole rings is 1. The van der Waals surface area contributed by atoms with E-state index in [1.54, 1.807) is 5.51 Å². The van der Waals surface area contributed by atoms with Gasteiger partial charge in [0, 0.05) is 12.5 Å². The van der Waals surface area contributed by atoms with Crippen LogP contribution < -0.4 is 0 Å². The average molecular weight is 252 g/mol. The topological polar surface area (TPSA) is 63.8 Å². The van der Waals surface area contributed by atoms with Gasteiger partial charge in [0.15, 0.2) is 0 Å². The summed E-state index contributed by atoms with van der Waals surface area (Å²) in [5.41, 5.74) is 2.64. The van der Waals surface area contributed by atoms with E-state index < -0.39 is 6.10 Å². The van der Waals surface area contributed by atoms with Gasteiger partial charge < -0.3 is 5.11 Å². The van der Waals surface area contributed by atoms with Gasteiger partial charge in [-0.05, 0) is 20.8 Å². The summed E-state index contributed by atoms with van der Waals surface area (Å²) in [6.07, 6.45) is 1.45. The number of hydrogen-bond donors (Lipinski definition) is 1. The van der Waals surface area contributed by atoms with Crippen LogP contribution in [-0.4, -0.2) is 24.9 Å². The van der Waals surface area contributed by atoms with Crippen molar-refractivity contribution < 1.29 is 5.11 Å². The SMILES string of the molecule is Cc1ncsc1C(O)Cc1ncnn1C(C)C. The fourth-order valence-corrected chi connectivity index (χ4v) is 2.54. The van der Waals surface area contributed by atoms with Crippen molar-refractivity contribution in [1.82, 2.24) is 19.7 Å². The van der Waals surface area contributed by atoms with E-state index in [1.807, 2.05) is 25.5 Å². The lowest BCUT2D eigenvalue weighted by atomic mass is 10.2. The molecular formula is C11H16N4OS. The summed E-state index contributed by atoms with van der Waals surface area (Å²) >= 11 is 1.48. The van der Waals surface area contributed by atoms with Gasteiger partial charge in [0.1, 0.15) is 12.2 Å². The first-order chi connectivity index (χ1) is 8.09. The van der Waals surface area contributed by atoms with Crippen molar-refractivity contribution in [2.75, 3.05) is 0 Å². The minimum atomic E-state index is -0.552. The Balaban J connectivity index is 2.16. The molecule has 6 heteroatoms. The minimum Gasteiger partial charge on any atom is -0.387 e. The molecular weight excluding hydrogens is 236 g/mol. The van der Waals surface area contributed by atoms with E-state index in [9.17, 15) is 5.11 Å². The van der Waals surface area contributed by atoms with Gasteiger partial charge >= 0.3 is 0 Å². The lowest BCUT2D eigenvalue weighted by Crippen LogP contribution is -2.12. The molecule has 1 unspecified atom stereocenters. The molecule has 2 rings (SSSR count). The van der Waals surface area contributed by atoms with Crippen LogP contribution in [0.1, 0.15) is 42.4 Å². The third-order valence-electron chi connectivity index (χ3n) is 2.60. The Morgan fingerprint density at radius 2 is 2.18 bits per heavy atom. The first kappa shape index (κ1) is 12.2. The Hall–Kier alpha value is -1.27. The van der Waals surface area contributed by atoms with Crippen molar-refractivity contribution in [3.8, 4) is 0 Å². The van der Waals surface area contributed by atoms with E-state index in [2.05, 4.69) is 15.1 Å². The lowest BCUT2D eigenvalue weighted by molar-refractivity contribution is 0.176. The molecule has 0 aliphatic carbocycles. The third kappa shape index (κ3) is 2.53. The Morgan fingerprint density at radius 3 is 2.76 bits per heavy atom. The Kier molecular flexibility index (Phi) is 3.54. The number of hydrogen-bond acceptors (Lipinski definition) is 5. The van der Waals surface area contributed by atoms with E-state index >= 15 is 0 Å². The number of aromatic nitrogens is 4. The summed E-state index contributed by atoms with van der Waals surface area (Å²) in [6, 6.07) is 0.252. The zero-order valence-electron chi connectivity index (χ0n) is 10.2. The van der Waals surface area contributed by atoms with Crippen molar-refractivity contribution in [3.63, 3.8) is 0 Å². The van der Waals surface area contributed by atoms with E-state index in [-0.39, 0.29) is 6.04 Å². The molecule has 0 aromatic carbocycles. The van der Waals surface area contributed by atoms with E-state index in [0.717, 1.165) is 16.4 Å². The summed E-state index contributed by atoms with van der Waals surface area (Å²) in [7, 11) is 0. The van der Waals surface area contributed by atoms with Gasteiger partial charge in [0.05, 0.1) is 22.2 Å². The number of nitrogens with zero attached hydrogens (tertiary/aromatic N) is 4. The Bertz CT molecular complexity index is 491. The number of rotatable bonds is 4. The summed E-state index contributed by atoms with van der Waals surface area (Å²) in [5, 5.41) is 14.3. The van der Waals surface area contributed by atoms with Crippen molar-refractivity contribution in [2.24, 2.45) is 0 Å². The normalized spacial score (nSPS) is 13.2.